The van der Waals surface area contributed by atoms with Gasteiger partial charge in [-0.25, -0.2) is 4.39 Å². The molecule has 1 fully saturated rings. The number of hydrogen-bond donors (Lipinski definition) is 1. The van der Waals surface area contributed by atoms with E-state index in [0.29, 0.717) is 28.5 Å². The summed E-state index contributed by atoms with van der Waals surface area (Å²) in [6.45, 7) is 4.45. The first kappa shape index (κ1) is 17.9. The summed E-state index contributed by atoms with van der Waals surface area (Å²) in [5.41, 5.74) is 0.648. The molecule has 1 aromatic heterocycles. The van der Waals surface area contributed by atoms with Gasteiger partial charge in [0.2, 0.25) is 11.8 Å². The van der Waals surface area contributed by atoms with E-state index in [0.717, 1.165) is 12.8 Å². The van der Waals surface area contributed by atoms with E-state index in [1.54, 1.807) is 12.1 Å². The quantitative estimate of drug-likeness (QED) is 0.816. The number of hydrogen-bond acceptors (Lipinski definition) is 5. The van der Waals surface area contributed by atoms with Crippen molar-refractivity contribution >= 4 is 17.7 Å². The first-order valence-electron chi connectivity index (χ1n) is 8.54. The molecule has 0 unspecified atom stereocenters. The average Bonchev–Trinajstić information content (AvgIpc) is 3.07. The summed E-state index contributed by atoms with van der Waals surface area (Å²) in [6, 6.07) is 6.08. The van der Waals surface area contributed by atoms with Crippen molar-refractivity contribution in [3.63, 3.8) is 0 Å². The Bertz CT molecular complexity index is 719. The van der Waals surface area contributed by atoms with Gasteiger partial charge in [-0.15, -0.1) is 10.2 Å². The fourth-order valence-corrected chi connectivity index (χ4v) is 3.71. The topological polar surface area (TPSA) is 68.0 Å². The molecule has 1 saturated carbocycles. The van der Waals surface area contributed by atoms with Crippen molar-refractivity contribution in [2.75, 3.05) is 5.75 Å². The lowest BCUT2D eigenvalue weighted by molar-refractivity contribution is -0.120. The second-order valence-corrected chi connectivity index (χ2v) is 7.54. The minimum Gasteiger partial charge on any atom is -0.411 e. The second-order valence-electron chi connectivity index (χ2n) is 6.61. The van der Waals surface area contributed by atoms with Crippen LogP contribution in [0.2, 0.25) is 0 Å². The predicted octanol–water partition coefficient (Wildman–Crippen LogP) is 3.91. The molecular weight excluding hydrogens is 341 g/mol. The number of amides is 1. The lowest BCUT2D eigenvalue weighted by Crippen LogP contribution is -2.44. The van der Waals surface area contributed by atoms with Crippen molar-refractivity contribution in [3.8, 4) is 11.5 Å². The molecule has 1 heterocycles. The molecule has 1 amide bonds. The molecule has 3 rings (SSSR count). The fraction of sp³-hybridized carbons (Fsp3) is 0.500. The minimum atomic E-state index is -0.319. The fourth-order valence-electron chi connectivity index (χ4n) is 3.14. The van der Waals surface area contributed by atoms with Crippen LogP contribution in [-0.4, -0.2) is 27.9 Å². The molecule has 3 atom stereocenters. The summed E-state index contributed by atoms with van der Waals surface area (Å²) in [6.07, 6.45) is 3.43. The van der Waals surface area contributed by atoms with Crippen LogP contribution in [0.15, 0.2) is 33.9 Å². The van der Waals surface area contributed by atoms with Gasteiger partial charge in [0, 0.05) is 11.6 Å². The van der Waals surface area contributed by atoms with Crippen LogP contribution in [0.4, 0.5) is 4.39 Å². The number of rotatable bonds is 5. The summed E-state index contributed by atoms with van der Waals surface area (Å²) < 4.78 is 18.5. The van der Waals surface area contributed by atoms with E-state index in [9.17, 15) is 9.18 Å². The lowest BCUT2D eigenvalue weighted by Gasteiger charge is -2.34. The van der Waals surface area contributed by atoms with E-state index in [2.05, 4.69) is 29.4 Å². The van der Waals surface area contributed by atoms with Crippen LogP contribution in [0, 0.1) is 17.7 Å². The number of benzene rings is 1. The summed E-state index contributed by atoms with van der Waals surface area (Å²) in [4.78, 5) is 12.2. The maximum absolute atomic E-state index is 12.9. The summed E-state index contributed by atoms with van der Waals surface area (Å²) in [5, 5.41) is 11.3. The third-order valence-corrected chi connectivity index (χ3v) is 5.70. The first-order chi connectivity index (χ1) is 12.0. The maximum atomic E-state index is 12.9. The molecule has 2 aromatic rings. The normalized spacial score (nSPS) is 23.4. The maximum Gasteiger partial charge on any atom is 0.277 e. The highest BCUT2D eigenvalue weighted by Crippen LogP contribution is 2.29. The Hall–Kier alpha value is -1.89. The molecule has 1 N–H and O–H groups in total. The number of thioether (sulfide) groups is 1. The van der Waals surface area contributed by atoms with E-state index in [1.807, 2.05) is 0 Å². The standard InChI is InChI=1S/C18H22FN3O2S/c1-11-4-3-5-15(12(11)2)20-16(23)10-25-18-22-21-17(24-18)13-6-8-14(19)9-7-13/h6-9,11-12,15H,3-5,10H2,1-2H3,(H,20,23)/t11-,12-,15+/m1/s1. The average molecular weight is 363 g/mol. The van der Waals surface area contributed by atoms with E-state index in [-0.39, 0.29) is 23.5 Å². The van der Waals surface area contributed by atoms with E-state index in [4.69, 9.17) is 4.42 Å². The van der Waals surface area contributed by atoms with Crippen LogP contribution in [0.25, 0.3) is 11.5 Å². The number of nitrogens with one attached hydrogen (secondary N) is 1. The van der Waals surface area contributed by atoms with Crippen molar-refractivity contribution in [1.29, 1.82) is 0 Å². The zero-order chi connectivity index (χ0) is 17.8. The summed E-state index contributed by atoms with van der Waals surface area (Å²) >= 11 is 1.21. The first-order valence-corrected chi connectivity index (χ1v) is 9.53. The molecule has 134 valence electrons. The Kier molecular flexibility index (Phi) is 5.73. The Morgan fingerprint density at radius 3 is 2.80 bits per heavy atom. The van der Waals surface area contributed by atoms with Gasteiger partial charge in [0.25, 0.3) is 5.22 Å². The SMILES string of the molecule is C[C@@H]1[C@H](C)CCC[C@@H]1NC(=O)CSc1nnc(-c2ccc(F)cc2)o1. The predicted molar refractivity (Wildman–Crippen MR) is 94.5 cm³/mol. The van der Waals surface area contributed by atoms with E-state index < -0.39 is 0 Å². The van der Waals surface area contributed by atoms with Crippen molar-refractivity contribution in [2.45, 2.75) is 44.4 Å². The summed E-state index contributed by atoms with van der Waals surface area (Å²) in [7, 11) is 0. The molecule has 1 aliphatic rings. The number of halogens is 1. The van der Waals surface area contributed by atoms with Gasteiger partial charge in [-0.1, -0.05) is 38.5 Å². The van der Waals surface area contributed by atoms with Gasteiger partial charge in [0.1, 0.15) is 5.82 Å². The van der Waals surface area contributed by atoms with Gasteiger partial charge in [-0.05, 0) is 42.5 Å². The van der Waals surface area contributed by atoms with Crippen LogP contribution < -0.4 is 5.32 Å². The summed E-state index contributed by atoms with van der Waals surface area (Å²) in [5.74, 6) is 1.36. The van der Waals surface area contributed by atoms with E-state index in [1.165, 1.54) is 30.3 Å². The minimum absolute atomic E-state index is 0.0162. The largest absolute Gasteiger partial charge is 0.411 e. The lowest BCUT2D eigenvalue weighted by atomic mass is 9.78. The van der Waals surface area contributed by atoms with Crippen LogP contribution in [0.5, 0.6) is 0 Å². The molecule has 0 saturated heterocycles. The molecule has 0 spiro atoms. The molecule has 0 bridgehead atoms. The molecule has 1 aliphatic carbocycles. The van der Waals surface area contributed by atoms with Crippen molar-refractivity contribution in [3.05, 3.63) is 30.1 Å². The van der Waals surface area contributed by atoms with Gasteiger partial charge in [0.05, 0.1) is 5.75 Å². The number of carbonyl (C=O) groups is 1. The third kappa shape index (κ3) is 4.60. The number of nitrogens with zero attached hydrogens (tertiary/aromatic N) is 2. The zero-order valence-corrected chi connectivity index (χ0v) is 15.2. The zero-order valence-electron chi connectivity index (χ0n) is 14.4. The molecule has 0 radical (unpaired) electrons. The molecule has 5 nitrogen and oxygen atoms in total. The Labute approximate surface area is 150 Å². The molecule has 1 aromatic carbocycles. The van der Waals surface area contributed by atoms with Gasteiger partial charge < -0.3 is 9.73 Å². The van der Waals surface area contributed by atoms with Gasteiger partial charge in [-0.3, -0.25) is 4.79 Å². The highest BCUT2D eigenvalue weighted by atomic mass is 32.2. The smallest absolute Gasteiger partial charge is 0.277 e. The van der Waals surface area contributed by atoms with E-state index >= 15 is 0 Å². The van der Waals surface area contributed by atoms with Gasteiger partial charge in [-0.2, -0.15) is 0 Å². The van der Waals surface area contributed by atoms with Crippen molar-refractivity contribution in [2.24, 2.45) is 11.8 Å². The van der Waals surface area contributed by atoms with Crippen LogP contribution in [0.1, 0.15) is 33.1 Å². The number of aromatic nitrogens is 2. The Balaban J connectivity index is 1.52. The van der Waals surface area contributed by atoms with Crippen LogP contribution in [0.3, 0.4) is 0 Å². The third-order valence-electron chi connectivity index (χ3n) is 4.88. The Morgan fingerprint density at radius 1 is 1.28 bits per heavy atom. The number of carbonyl (C=O) groups excluding carboxylic acids is 1. The highest BCUT2D eigenvalue weighted by Gasteiger charge is 2.28. The van der Waals surface area contributed by atoms with Crippen LogP contribution >= 0.6 is 11.8 Å². The van der Waals surface area contributed by atoms with Gasteiger partial charge >= 0.3 is 0 Å². The van der Waals surface area contributed by atoms with Crippen LogP contribution in [-0.2, 0) is 4.79 Å². The molecule has 25 heavy (non-hydrogen) atoms. The van der Waals surface area contributed by atoms with Gasteiger partial charge in [0.15, 0.2) is 0 Å². The monoisotopic (exact) mass is 363 g/mol. The molecular formula is C18H22FN3O2S. The van der Waals surface area contributed by atoms with Crippen molar-refractivity contribution in [1.82, 2.24) is 15.5 Å². The molecule has 7 heteroatoms. The highest BCUT2D eigenvalue weighted by molar-refractivity contribution is 7.99. The Morgan fingerprint density at radius 2 is 2.04 bits per heavy atom. The van der Waals surface area contributed by atoms with Crippen molar-refractivity contribution < 1.29 is 13.6 Å². The molecule has 0 aliphatic heterocycles. The second kappa shape index (κ2) is 7.99.